The van der Waals surface area contributed by atoms with Crippen molar-refractivity contribution in [3.05, 3.63) is 72.3 Å². The van der Waals surface area contributed by atoms with E-state index < -0.39 is 23.9 Å². The number of carbonyl (C=O) groups is 3. The van der Waals surface area contributed by atoms with Gasteiger partial charge in [0, 0.05) is 18.3 Å². The standard InChI is InChI=1S/C28H29N3O7/c1-35-21-11-9-19(10-12-21)29-26(32)16-23-27(33)31(20-6-5-7-22(15-20)36-2)28(34)30(23)17-18-8-13-24(37-3)25(14-18)38-4/h5-15,23H,16-17H2,1-4H3,(H,29,32). The van der Waals surface area contributed by atoms with E-state index in [0.29, 0.717) is 39.9 Å². The van der Waals surface area contributed by atoms with E-state index in [1.165, 1.54) is 26.2 Å². The maximum absolute atomic E-state index is 13.6. The van der Waals surface area contributed by atoms with E-state index in [9.17, 15) is 14.4 Å². The van der Waals surface area contributed by atoms with Gasteiger partial charge in [0.2, 0.25) is 5.91 Å². The Kier molecular flexibility index (Phi) is 8.00. The van der Waals surface area contributed by atoms with Gasteiger partial charge in [0.25, 0.3) is 5.91 Å². The van der Waals surface area contributed by atoms with Crippen molar-refractivity contribution < 1.29 is 33.3 Å². The molecule has 1 aliphatic heterocycles. The van der Waals surface area contributed by atoms with Crippen LogP contribution in [0.3, 0.4) is 0 Å². The van der Waals surface area contributed by atoms with Gasteiger partial charge < -0.3 is 29.2 Å². The number of nitrogens with zero attached hydrogens (tertiary/aromatic N) is 2. The van der Waals surface area contributed by atoms with Crippen LogP contribution in [0, 0.1) is 0 Å². The summed E-state index contributed by atoms with van der Waals surface area (Å²) in [5, 5.41) is 2.79. The Morgan fingerprint density at radius 2 is 1.53 bits per heavy atom. The zero-order valence-corrected chi connectivity index (χ0v) is 21.6. The number of ether oxygens (including phenoxy) is 4. The molecule has 1 saturated heterocycles. The largest absolute Gasteiger partial charge is 0.497 e. The molecule has 38 heavy (non-hydrogen) atoms. The van der Waals surface area contributed by atoms with Crippen molar-refractivity contribution in [2.45, 2.75) is 19.0 Å². The Hall–Kier alpha value is -4.73. The van der Waals surface area contributed by atoms with Crippen LogP contribution in [0.15, 0.2) is 66.7 Å². The Balaban J connectivity index is 1.62. The number of carbonyl (C=O) groups excluding carboxylic acids is 3. The average molecular weight is 520 g/mol. The molecule has 4 rings (SSSR count). The predicted octanol–water partition coefficient (Wildman–Crippen LogP) is 4.09. The van der Waals surface area contributed by atoms with Crippen LogP contribution >= 0.6 is 0 Å². The predicted molar refractivity (Wildman–Crippen MR) is 141 cm³/mol. The third kappa shape index (κ3) is 5.49. The van der Waals surface area contributed by atoms with Gasteiger partial charge in [-0.3, -0.25) is 9.59 Å². The molecule has 0 saturated carbocycles. The van der Waals surface area contributed by atoms with Gasteiger partial charge in [-0.15, -0.1) is 0 Å². The molecule has 1 fully saturated rings. The second-order valence-electron chi connectivity index (χ2n) is 8.47. The first kappa shape index (κ1) is 26.3. The molecule has 0 bridgehead atoms. The van der Waals surface area contributed by atoms with Crippen LogP contribution in [0.2, 0.25) is 0 Å². The van der Waals surface area contributed by atoms with Crippen LogP contribution in [0.5, 0.6) is 23.0 Å². The molecule has 10 heteroatoms. The summed E-state index contributed by atoms with van der Waals surface area (Å²) < 4.78 is 21.1. The number of anilines is 2. The van der Waals surface area contributed by atoms with Crippen LogP contribution < -0.4 is 29.2 Å². The maximum Gasteiger partial charge on any atom is 0.332 e. The van der Waals surface area contributed by atoms with Crippen molar-refractivity contribution in [3.8, 4) is 23.0 Å². The highest BCUT2D eigenvalue weighted by molar-refractivity contribution is 6.22. The zero-order valence-electron chi connectivity index (χ0n) is 21.6. The maximum atomic E-state index is 13.6. The van der Waals surface area contributed by atoms with Crippen molar-refractivity contribution in [2.75, 3.05) is 38.7 Å². The van der Waals surface area contributed by atoms with E-state index in [-0.39, 0.29) is 13.0 Å². The first-order valence-corrected chi connectivity index (χ1v) is 11.8. The monoisotopic (exact) mass is 519 g/mol. The van der Waals surface area contributed by atoms with Gasteiger partial charge in [0.05, 0.1) is 40.5 Å². The summed E-state index contributed by atoms with van der Waals surface area (Å²) in [7, 11) is 6.10. The number of methoxy groups -OCH3 is 4. The first-order chi connectivity index (χ1) is 18.4. The van der Waals surface area contributed by atoms with Gasteiger partial charge >= 0.3 is 6.03 Å². The van der Waals surface area contributed by atoms with E-state index in [4.69, 9.17) is 18.9 Å². The van der Waals surface area contributed by atoms with Gasteiger partial charge in [-0.1, -0.05) is 12.1 Å². The number of hydrogen-bond donors (Lipinski definition) is 1. The molecule has 3 aromatic carbocycles. The average Bonchev–Trinajstić information content (AvgIpc) is 3.17. The van der Waals surface area contributed by atoms with Gasteiger partial charge in [-0.05, 0) is 54.1 Å². The highest BCUT2D eigenvalue weighted by Crippen LogP contribution is 2.33. The van der Waals surface area contributed by atoms with Gasteiger partial charge in [0.1, 0.15) is 17.5 Å². The molecule has 4 amide bonds. The first-order valence-electron chi connectivity index (χ1n) is 11.8. The highest BCUT2D eigenvalue weighted by atomic mass is 16.5. The van der Waals surface area contributed by atoms with Crippen molar-refractivity contribution in [3.63, 3.8) is 0 Å². The fraction of sp³-hybridized carbons (Fsp3) is 0.250. The number of urea groups is 1. The molecule has 3 aromatic rings. The van der Waals surface area contributed by atoms with Gasteiger partial charge in [-0.2, -0.15) is 0 Å². The molecule has 0 aliphatic carbocycles. The summed E-state index contributed by atoms with van der Waals surface area (Å²) in [6.45, 7) is 0.0753. The Morgan fingerprint density at radius 3 is 2.18 bits per heavy atom. The van der Waals surface area contributed by atoms with Crippen molar-refractivity contribution in [1.82, 2.24) is 4.90 Å². The summed E-state index contributed by atoms with van der Waals surface area (Å²) >= 11 is 0. The number of imide groups is 1. The number of hydrogen-bond acceptors (Lipinski definition) is 7. The summed E-state index contributed by atoms with van der Waals surface area (Å²) in [5.74, 6) is 1.25. The van der Waals surface area contributed by atoms with Crippen LogP contribution in [0.1, 0.15) is 12.0 Å². The number of nitrogens with one attached hydrogen (secondary N) is 1. The topological polar surface area (TPSA) is 107 Å². The molecule has 198 valence electrons. The molecule has 0 spiro atoms. The molecule has 10 nitrogen and oxygen atoms in total. The smallest absolute Gasteiger partial charge is 0.332 e. The Labute approximate surface area is 220 Å². The minimum Gasteiger partial charge on any atom is -0.497 e. The minimum absolute atomic E-state index is 0.0753. The quantitative estimate of drug-likeness (QED) is 0.402. The molecule has 1 unspecified atom stereocenters. The second-order valence-corrected chi connectivity index (χ2v) is 8.47. The SMILES string of the molecule is COc1ccc(NC(=O)CC2C(=O)N(c3cccc(OC)c3)C(=O)N2Cc2ccc(OC)c(OC)c2)cc1. The lowest BCUT2D eigenvalue weighted by atomic mass is 10.1. The third-order valence-electron chi connectivity index (χ3n) is 6.18. The fourth-order valence-electron chi connectivity index (χ4n) is 4.24. The normalized spacial score (nSPS) is 14.9. The molecular formula is C28H29N3O7. The van der Waals surface area contributed by atoms with Crippen molar-refractivity contribution >= 4 is 29.2 Å². The van der Waals surface area contributed by atoms with E-state index >= 15 is 0 Å². The van der Waals surface area contributed by atoms with Crippen LogP contribution in [-0.4, -0.2) is 57.2 Å². The van der Waals surface area contributed by atoms with Crippen molar-refractivity contribution in [1.29, 1.82) is 0 Å². The number of benzene rings is 3. The lowest BCUT2D eigenvalue weighted by molar-refractivity contribution is -0.124. The van der Waals surface area contributed by atoms with E-state index in [0.717, 1.165) is 4.90 Å². The second kappa shape index (κ2) is 11.5. The van der Waals surface area contributed by atoms with Crippen molar-refractivity contribution in [2.24, 2.45) is 0 Å². The molecule has 0 radical (unpaired) electrons. The molecule has 0 aromatic heterocycles. The number of amides is 4. The van der Waals surface area contributed by atoms with Gasteiger partial charge in [-0.25, -0.2) is 9.69 Å². The lowest BCUT2D eigenvalue weighted by Gasteiger charge is -2.22. The minimum atomic E-state index is -1.03. The molecule has 1 N–H and O–H groups in total. The summed E-state index contributed by atoms with van der Waals surface area (Å²) in [5.41, 5.74) is 1.61. The Bertz CT molecular complexity index is 1330. The molecule has 1 heterocycles. The molecule has 1 aliphatic rings. The van der Waals surface area contributed by atoms with E-state index in [1.54, 1.807) is 73.8 Å². The van der Waals surface area contributed by atoms with Crippen LogP contribution in [0.4, 0.5) is 16.2 Å². The molecular weight excluding hydrogens is 490 g/mol. The Morgan fingerprint density at radius 1 is 0.816 bits per heavy atom. The molecule has 1 atom stereocenters. The summed E-state index contributed by atoms with van der Waals surface area (Å²) in [6.07, 6.45) is -0.232. The highest BCUT2D eigenvalue weighted by Gasteiger charge is 2.46. The zero-order chi connectivity index (χ0) is 27.2. The van der Waals surface area contributed by atoms with Crippen LogP contribution in [0.25, 0.3) is 0 Å². The summed E-state index contributed by atoms with van der Waals surface area (Å²) in [6, 6.07) is 17.2. The summed E-state index contributed by atoms with van der Waals surface area (Å²) in [4.78, 5) is 42.7. The van der Waals surface area contributed by atoms with Crippen LogP contribution in [-0.2, 0) is 16.1 Å². The lowest BCUT2D eigenvalue weighted by Crippen LogP contribution is -2.37. The third-order valence-corrected chi connectivity index (χ3v) is 6.18. The van der Waals surface area contributed by atoms with E-state index in [1.807, 2.05) is 0 Å². The fourth-order valence-corrected chi connectivity index (χ4v) is 4.24. The van der Waals surface area contributed by atoms with Gasteiger partial charge in [0.15, 0.2) is 11.5 Å². The number of rotatable bonds is 10. The van der Waals surface area contributed by atoms with E-state index in [2.05, 4.69) is 5.32 Å².